The van der Waals surface area contributed by atoms with Gasteiger partial charge in [0.1, 0.15) is 11.5 Å². The third-order valence-corrected chi connectivity index (χ3v) is 1.60. The summed E-state index contributed by atoms with van der Waals surface area (Å²) in [4.78, 5) is 6.81. The second-order valence-corrected chi connectivity index (χ2v) is 3.07. The van der Waals surface area contributed by atoms with Gasteiger partial charge < -0.3 is 10.6 Å². The van der Waals surface area contributed by atoms with Crippen LogP contribution >= 0.6 is 0 Å². The molecule has 0 aromatic heterocycles. The monoisotopic (exact) mass is 248 g/mol. The molecule has 0 spiro atoms. The third kappa shape index (κ3) is 6.39. The first kappa shape index (κ1) is 15.2. The highest BCUT2D eigenvalue weighted by atomic mass is 19.4. The van der Waals surface area contributed by atoms with Crippen LogP contribution in [-0.4, -0.2) is 32.3 Å². The van der Waals surface area contributed by atoms with Gasteiger partial charge in [-0.05, 0) is 13.0 Å². The normalized spacial score (nSPS) is 14.0. The van der Waals surface area contributed by atoms with Gasteiger partial charge in [0.05, 0.1) is 6.34 Å². The summed E-state index contributed by atoms with van der Waals surface area (Å²) in [6.45, 7) is 5.03. The molecule has 7 heteroatoms. The van der Waals surface area contributed by atoms with Crippen LogP contribution in [0.2, 0.25) is 0 Å². The molecule has 0 aromatic carbocycles. The summed E-state index contributed by atoms with van der Waals surface area (Å²) in [5.74, 6) is 0.321. The minimum absolute atomic E-state index is 0.268. The smallest absolute Gasteiger partial charge is 0.346 e. The van der Waals surface area contributed by atoms with Crippen molar-refractivity contribution in [2.45, 2.75) is 13.1 Å². The molecule has 0 unspecified atom stereocenters. The highest BCUT2D eigenvalue weighted by molar-refractivity contribution is 5.99. The Bertz CT molecular complexity index is 353. The number of hydrogen-bond donors (Lipinski definition) is 2. The number of aliphatic imine (C=N–C) groups is 2. The van der Waals surface area contributed by atoms with E-state index in [9.17, 15) is 13.2 Å². The summed E-state index contributed by atoms with van der Waals surface area (Å²) >= 11 is 0. The van der Waals surface area contributed by atoms with Crippen molar-refractivity contribution in [2.24, 2.45) is 9.98 Å². The first-order valence-electron chi connectivity index (χ1n) is 4.66. The molecule has 0 fully saturated rings. The van der Waals surface area contributed by atoms with Gasteiger partial charge >= 0.3 is 6.18 Å². The van der Waals surface area contributed by atoms with E-state index < -0.39 is 11.9 Å². The van der Waals surface area contributed by atoms with Crippen molar-refractivity contribution < 1.29 is 13.2 Å². The van der Waals surface area contributed by atoms with Crippen LogP contribution in [0.1, 0.15) is 6.92 Å². The van der Waals surface area contributed by atoms with Gasteiger partial charge in [-0.1, -0.05) is 6.58 Å². The van der Waals surface area contributed by atoms with Gasteiger partial charge in [0, 0.05) is 19.8 Å². The summed E-state index contributed by atoms with van der Waals surface area (Å²) in [6, 6.07) is 0. The molecule has 0 amide bonds. The van der Waals surface area contributed by atoms with E-state index in [1.165, 1.54) is 13.3 Å². The Kier molecular flexibility index (Phi) is 6.01. The molecule has 0 aliphatic heterocycles. The molecule has 0 rings (SSSR count). The fourth-order valence-electron chi connectivity index (χ4n) is 0.931. The van der Waals surface area contributed by atoms with Crippen LogP contribution in [0.25, 0.3) is 0 Å². The van der Waals surface area contributed by atoms with Crippen molar-refractivity contribution in [3.8, 4) is 0 Å². The zero-order valence-corrected chi connectivity index (χ0v) is 9.89. The van der Waals surface area contributed by atoms with Crippen LogP contribution in [0.15, 0.2) is 34.2 Å². The number of nitrogens with one attached hydrogen (secondary N) is 2. The number of rotatable bonds is 5. The predicted octanol–water partition coefficient (Wildman–Crippen LogP) is 1.83. The fourth-order valence-corrected chi connectivity index (χ4v) is 0.931. The van der Waals surface area contributed by atoms with Crippen molar-refractivity contribution in [1.82, 2.24) is 10.6 Å². The molecule has 0 aliphatic carbocycles. The average molecular weight is 248 g/mol. The summed E-state index contributed by atoms with van der Waals surface area (Å²) < 4.78 is 37.1. The molecule has 4 nitrogen and oxygen atoms in total. The largest absolute Gasteiger partial charge is 0.432 e. The quantitative estimate of drug-likeness (QED) is 0.576. The van der Waals surface area contributed by atoms with E-state index in [0.29, 0.717) is 5.82 Å². The molecule has 2 N–H and O–H groups in total. The molecule has 0 heterocycles. The highest BCUT2D eigenvalue weighted by Gasteiger charge is 2.33. The number of hydrogen-bond acceptors (Lipinski definition) is 3. The van der Waals surface area contributed by atoms with E-state index in [2.05, 4.69) is 27.2 Å². The van der Waals surface area contributed by atoms with E-state index >= 15 is 0 Å². The van der Waals surface area contributed by atoms with Gasteiger partial charge in [0.15, 0.2) is 0 Å². The Labute approximate surface area is 98.0 Å². The molecule has 0 bridgehead atoms. The van der Waals surface area contributed by atoms with Crippen LogP contribution in [0.3, 0.4) is 0 Å². The number of halogens is 3. The second kappa shape index (κ2) is 6.72. The Morgan fingerprint density at radius 2 is 1.88 bits per heavy atom. The van der Waals surface area contributed by atoms with Gasteiger partial charge in [-0.3, -0.25) is 9.98 Å². The zero-order valence-electron chi connectivity index (χ0n) is 9.89. The van der Waals surface area contributed by atoms with Crippen LogP contribution in [0, 0.1) is 0 Å². The maximum atomic E-state index is 12.4. The van der Waals surface area contributed by atoms with E-state index in [0.717, 1.165) is 13.1 Å². The Hall–Kier alpha value is -1.79. The van der Waals surface area contributed by atoms with Crippen molar-refractivity contribution in [3.63, 3.8) is 0 Å². The van der Waals surface area contributed by atoms with E-state index in [4.69, 9.17) is 0 Å². The number of nitrogens with zero attached hydrogens (tertiary/aromatic N) is 2. The van der Waals surface area contributed by atoms with E-state index in [1.54, 1.807) is 7.05 Å². The Morgan fingerprint density at radius 3 is 2.29 bits per heavy atom. The van der Waals surface area contributed by atoms with E-state index in [-0.39, 0.29) is 5.70 Å². The van der Waals surface area contributed by atoms with Crippen molar-refractivity contribution in [1.29, 1.82) is 0 Å². The molecule has 0 aromatic rings. The maximum Gasteiger partial charge on any atom is 0.432 e. The van der Waals surface area contributed by atoms with Crippen molar-refractivity contribution in [2.75, 3.05) is 14.1 Å². The van der Waals surface area contributed by atoms with Crippen molar-refractivity contribution in [3.05, 3.63) is 24.2 Å². The minimum atomic E-state index is -4.46. The van der Waals surface area contributed by atoms with Gasteiger partial charge in [-0.15, -0.1) is 0 Å². The number of alkyl halides is 3. The predicted molar refractivity (Wildman–Crippen MR) is 63.0 cm³/mol. The average Bonchev–Trinajstić information content (AvgIpc) is 2.21. The second-order valence-electron chi connectivity index (χ2n) is 3.07. The van der Waals surface area contributed by atoms with Crippen LogP contribution in [-0.2, 0) is 0 Å². The molecule has 0 saturated heterocycles. The molecule has 0 saturated carbocycles. The molecular weight excluding hydrogens is 233 g/mol. The standard InChI is InChI=1S/C10H15F3N4/c1-7(17-8(2)16-6-14-3)5-9(15-4)10(11,12)13/h5-6,17H,2H2,1,3-4H3,(H,14,16)/b7-5+,15-9+. The van der Waals surface area contributed by atoms with Crippen LogP contribution in [0.5, 0.6) is 0 Å². The lowest BCUT2D eigenvalue weighted by Gasteiger charge is -2.11. The van der Waals surface area contributed by atoms with Gasteiger partial charge in [0.25, 0.3) is 0 Å². The molecule has 0 radical (unpaired) electrons. The lowest BCUT2D eigenvalue weighted by atomic mass is 10.3. The highest BCUT2D eigenvalue weighted by Crippen LogP contribution is 2.18. The summed E-state index contributed by atoms with van der Waals surface area (Å²) in [5, 5.41) is 5.27. The molecule has 17 heavy (non-hydrogen) atoms. The lowest BCUT2D eigenvalue weighted by molar-refractivity contribution is -0.0578. The topological polar surface area (TPSA) is 48.8 Å². The third-order valence-electron chi connectivity index (χ3n) is 1.60. The Morgan fingerprint density at radius 1 is 1.29 bits per heavy atom. The summed E-state index contributed by atoms with van der Waals surface area (Å²) in [7, 11) is 2.64. The molecular formula is C10H15F3N4. The lowest BCUT2D eigenvalue weighted by Crippen LogP contribution is -2.26. The van der Waals surface area contributed by atoms with Crippen LogP contribution in [0.4, 0.5) is 13.2 Å². The minimum Gasteiger partial charge on any atom is -0.346 e. The van der Waals surface area contributed by atoms with E-state index in [1.807, 2.05) is 0 Å². The van der Waals surface area contributed by atoms with Crippen molar-refractivity contribution >= 4 is 12.1 Å². The first-order valence-corrected chi connectivity index (χ1v) is 4.66. The summed E-state index contributed by atoms with van der Waals surface area (Å²) in [5.41, 5.74) is -0.690. The Balaban J connectivity index is 4.60. The maximum absolute atomic E-state index is 12.4. The van der Waals surface area contributed by atoms with Gasteiger partial charge in [-0.2, -0.15) is 13.2 Å². The molecule has 0 aliphatic rings. The zero-order chi connectivity index (χ0) is 13.5. The summed E-state index contributed by atoms with van der Waals surface area (Å²) in [6.07, 6.45) is -2.20. The van der Waals surface area contributed by atoms with Crippen LogP contribution < -0.4 is 10.6 Å². The van der Waals surface area contributed by atoms with Gasteiger partial charge in [0.2, 0.25) is 0 Å². The number of allylic oxidation sites excluding steroid dienone is 2. The fraction of sp³-hybridized carbons (Fsp3) is 0.400. The molecule has 96 valence electrons. The van der Waals surface area contributed by atoms with Gasteiger partial charge in [-0.25, -0.2) is 0 Å². The molecule has 0 atom stereocenters. The SMILES string of the molecule is C=C(N/C=N\C)N/C(C)=C/C(=N\C)C(F)(F)F. The first-order chi connectivity index (χ1) is 7.81.